The Labute approximate surface area is 199 Å². The third-order valence-electron chi connectivity index (χ3n) is 5.20. The fraction of sp³-hybridized carbons (Fsp3) is 0.478. The maximum atomic E-state index is 12.9. The van der Waals surface area contributed by atoms with Gasteiger partial charge in [0.25, 0.3) is 11.8 Å². The van der Waals surface area contributed by atoms with Gasteiger partial charge >= 0.3 is 7.12 Å². The largest absolute Gasteiger partial charge is 0.475 e. The van der Waals surface area contributed by atoms with Gasteiger partial charge in [0.1, 0.15) is 6.04 Å². The molecule has 0 unspecified atom stereocenters. The summed E-state index contributed by atoms with van der Waals surface area (Å²) in [4.78, 5) is 38.0. The molecule has 0 saturated carbocycles. The van der Waals surface area contributed by atoms with E-state index in [-0.39, 0.29) is 18.2 Å². The molecule has 2 atom stereocenters. The molecule has 2 rings (SSSR count). The summed E-state index contributed by atoms with van der Waals surface area (Å²) in [6.45, 7) is 5.61. The summed E-state index contributed by atoms with van der Waals surface area (Å²) in [5, 5.41) is 30.5. The van der Waals surface area contributed by atoms with E-state index < -0.39 is 36.8 Å². The number of carbonyl (C=O) groups excluding carboxylic acids is 3. The third kappa shape index (κ3) is 8.64. The topological polar surface area (TPSA) is 154 Å². The van der Waals surface area contributed by atoms with E-state index >= 15 is 0 Å². The standard InChI is InChI=1S/C23H33BN4O6/c1-4-5-6-16-7-9-17(10-8-16)21(29)27-18(14-25-23(31)19-11-12-26-34-19)22(30)28-20(24(32)33)13-15(2)3/h7-12,15,18,20,32-33H,4-6,13-14H2,1-3H3,(H,25,31)(H,27,29)(H,28,30)/t18-,20-/m0/s1. The lowest BCUT2D eigenvalue weighted by molar-refractivity contribution is -0.123. The molecule has 0 fully saturated rings. The van der Waals surface area contributed by atoms with E-state index in [0.717, 1.165) is 24.8 Å². The van der Waals surface area contributed by atoms with Crippen molar-refractivity contribution in [3.8, 4) is 0 Å². The molecule has 0 aliphatic rings. The van der Waals surface area contributed by atoms with Crippen molar-refractivity contribution in [2.24, 2.45) is 5.92 Å². The summed E-state index contributed by atoms with van der Waals surface area (Å²) in [7, 11) is -1.78. The van der Waals surface area contributed by atoms with Crippen LogP contribution in [-0.4, -0.2) is 58.6 Å². The molecule has 184 valence electrons. The van der Waals surface area contributed by atoms with Crippen LogP contribution in [0.15, 0.2) is 41.1 Å². The molecule has 0 radical (unpaired) electrons. The van der Waals surface area contributed by atoms with Crippen molar-refractivity contribution in [3.05, 3.63) is 53.4 Å². The van der Waals surface area contributed by atoms with Gasteiger partial charge < -0.3 is 30.5 Å². The van der Waals surface area contributed by atoms with Gasteiger partial charge in [-0.2, -0.15) is 0 Å². The first-order valence-electron chi connectivity index (χ1n) is 11.5. The SMILES string of the molecule is CCCCc1ccc(C(=O)N[C@@H](CNC(=O)c2ccno2)C(=O)N[C@@H](CC(C)C)B(O)O)cc1. The molecule has 5 N–H and O–H groups in total. The maximum absolute atomic E-state index is 12.9. The van der Waals surface area contributed by atoms with Crippen LogP contribution in [0.2, 0.25) is 0 Å². The number of rotatable bonds is 13. The number of amides is 3. The molecule has 11 heteroatoms. The normalized spacial score (nSPS) is 12.6. The van der Waals surface area contributed by atoms with Crippen LogP contribution in [0.25, 0.3) is 0 Å². The van der Waals surface area contributed by atoms with Crippen molar-refractivity contribution in [1.29, 1.82) is 0 Å². The van der Waals surface area contributed by atoms with Gasteiger partial charge in [0.2, 0.25) is 11.7 Å². The third-order valence-corrected chi connectivity index (χ3v) is 5.20. The fourth-order valence-electron chi connectivity index (χ4n) is 3.32. The first-order valence-corrected chi connectivity index (χ1v) is 11.5. The van der Waals surface area contributed by atoms with E-state index in [1.807, 2.05) is 26.0 Å². The summed E-state index contributed by atoms with van der Waals surface area (Å²) in [5.41, 5.74) is 1.47. The van der Waals surface area contributed by atoms with Gasteiger partial charge in [-0.25, -0.2) is 0 Å². The molecule has 1 heterocycles. The van der Waals surface area contributed by atoms with Crippen LogP contribution >= 0.6 is 0 Å². The molecule has 0 spiro atoms. The molecule has 0 saturated heterocycles. The number of nitrogens with one attached hydrogen (secondary N) is 3. The predicted octanol–water partition coefficient (Wildman–Crippen LogP) is 1.09. The Balaban J connectivity index is 2.12. The van der Waals surface area contributed by atoms with Gasteiger partial charge in [0.15, 0.2) is 0 Å². The Morgan fingerprint density at radius 2 is 1.76 bits per heavy atom. The Bertz CT molecular complexity index is 918. The zero-order valence-corrected chi connectivity index (χ0v) is 19.8. The number of unbranched alkanes of at least 4 members (excludes halogenated alkanes) is 1. The van der Waals surface area contributed by atoms with Crippen LogP contribution in [-0.2, 0) is 11.2 Å². The van der Waals surface area contributed by atoms with E-state index in [9.17, 15) is 24.4 Å². The van der Waals surface area contributed by atoms with Gasteiger partial charge in [-0.05, 0) is 42.9 Å². The van der Waals surface area contributed by atoms with Crippen LogP contribution < -0.4 is 16.0 Å². The van der Waals surface area contributed by atoms with E-state index in [2.05, 4.69) is 28.0 Å². The summed E-state index contributed by atoms with van der Waals surface area (Å²) in [6.07, 6.45) is 4.65. The second-order valence-electron chi connectivity index (χ2n) is 8.57. The van der Waals surface area contributed by atoms with Gasteiger partial charge in [0.05, 0.1) is 12.1 Å². The summed E-state index contributed by atoms with van der Waals surface area (Å²) in [5.74, 6) is -2.67. The van der Waals surface area contributed by atoms with Crippen LogP contribution in [0.4, 0.5) is 0 Å². The second-order valence-corrected chi connectivity index (χ2v) is 8.57. The van der Waals surface area contributed by atoms with Gasteiger partial charge in [-0.3, -0.25) is 14.4 Å². The summed E-state index contributed by atoms with van der Waals surface area (Å²) >= 11 is 0. The Kier molecular flexibility index (Phi) is 10.8. The molecule has 2 aromatic rings. The Morgan fingerprint density at radius 1 is 1.06 bits per heavy atom. The average Bonchev–Trinajstić information content (AvgIpc) is 3.34. The number of hydrogen-bond donors (Lipinski definition) is 5. The first kappa shape index (κ1) is 27.1. The number of hydrogen-bond acceptors (Lipinski definition) is 7. The van der Waals surface area contributed by atoms with Crippen LogP contribution in [0, 0.1) is 5.92 Å². The van der Waals surface area contributed by atoms with Crippen molar-refractivity contribution in [1.82, 2.24) is 21.1 Å². The van der Waals surface area contributed by atoms with Crippen LogP contribution in [0.3, 0.4) is 0 Å². The van der Waals surface area contributed by atoms with Crippen molar-refractivity contribution in [3.63, 3.8) is 0 Å². The van der Waals surface area contributed by atoms with Gasteiger partial charge in [-0.1, -0.05) is 44.5 Å². The second kappa shape index (κ2) is 13.5. The molecular weight excluding hydrogens is 439 g/mol. The molecule has 34 heavy (non-hydrogen) atoms. The van der Waals surface area contributed by atoms with E-state index in [4.69, 9.17) is 4.52 Å². The number of aromatic nitrogens is 1. The lowest BCUT2D eigenvalue weighted by atomic mass is 9.75. The highest BCUT2D eigenvalue weighted by atomic mass is 16.5. The van der Waals surface area contributed by atoms with E-state index in [1.165, 1.54) is 12.3 Å². The highest BCUT2D eigenvalue weighted by Crippen LogP contribution is 2.09. The monoisotopic (exact) mass is 472 g/mol. The highest BCUT2D eigenvalue weighted by Gasteiger charge is 2.30. The Hall–Kier alpha value is -3.18. The Morgan fingerprint density at radius 3 is 2.32 bits per heavy atom. The van der Waals surface area contributed by atoms with Crippen molar-refractivity contribution < 1.29 is 29.0 Å². The minimum Gasteiger partial charge on any atom is -0.426 e. The molecule has 10 nitrogen and oxygen atoms in total. The zero-order valence-electron chi connectivity index (χ0n) is 19.8. The number of benzene rings is 1. The fourth-order valence-corrected chi connectivity index (χ4v) is 3.32. The van der Waals surface area contributed by atoms with Crippen LogP contribution in [0.1, 0.15) is 66.5 Å². The number of nitrogens with zero attached hydrogens (tertiary/aromatic N) is 1. The number of aryl methyl sites for hydroxylation is 1. The smallest absolute Gasteiger partial charge is 0.426 e. The van der Waals surface area contributed by atoms with Crippen molar-refractivity contribution in [2.45, 2.75) is 58.4 Å². The molecule has 3 amide bonds. The minimum absolute atomic E-state index is 0.0448. The first-order chi connectivity index (χ1) is 16.2. The van der Waals surface area contributed by atoms with E-state index in [0.29, 0.717) is 12.0 Å². The average molecular weight is 472 g/mol. The summed E-state index contributed by atoms with van der Waals surface area (Å²) in [6, 6.07) is 7.29. The lowest BCUT2D eigenvalue weighted by Crippen LogP contribution is -2.57. The molecule has 0 bridgehead atoms. The van der Waals surface area contributed by atoms with Gasteiger partial charge in [-0.15, -0.1) is 0 Å². The zero-order chi connectivity index (χ0) is 25.1. The maximum Gasteiger partial charge on any atom is 0.475 e. The molecule has 1 aromatic heterocycles. The van der Waals surface area contributed by atoms with Crippen molar-refractivity contribution in [2.75, 3.05) is 6.54 Å². The summed E-state index contributed by atoms with van der Waals surface area (Å²) < 4.78 is 4.80. The molecule has 0 aliphatic heterocycles. The lowest BCUT2D eigenvalue weighted by Gasteiger charge is -2.24. The van der Waals surface area contributed by atoms with Gasteiger partial charge in [0, 0.05) is 18.2 Å². The molecule has 1 aromatic carbocycles. The van der Waals surface area contributed by atoms with Crippen LogP contribution in [0.5, 0.6) is 0 Å². The minimum atomic E-state index is -1.78. The molecular formula is C23H33BN4O6. The quantitative estimate of drug-likeness (QED) is 0.274. The number of carbonyl (C=O) groups is 3. The van der Waals surface area contributed by atoms with Crippen molar-refractivity contribution >= 4 is 24.8 Å². The molecule has 0 aliphatic carbocycles. The van der Waals surface area contributed by atoms with E-state index in [1.54, 1.807) is 12.1 Å². The predicted molar refractivity (Wildman–Crippen MR) is 127 cm³/mol. The highest BCUT2D eigenvalue weighted by molar-refractivity contribution is 6.43.